The molecule has 3 unspecified atom stereocenters. The van der Waals surface area contributed by atoms with Gasteiger partial charge in [0.15, 0.2) is 0 Å². The van der Waals surface area contributed by atoms with Crippen LogP contribution in [0.2, 0.25) is 0 Å². The van der Waals surface area contributed by atoms with E-state index in [1.165, 1.54) is 0 Å². The largest absolute Gasteiger partial charge is 0.384 e. The monoisotopic (exact) mass is 285 g/mol. The van der Waals surface area contributed by atoms with Crippen molar-refractivity contribution >= 4 is 5.91 Å². The zero-order valence-electron chi connectivity index (χ0n) is 13.9. The van der Waals surface area contributed by atoms with Crippen LogP contribution in [-0.4, -0.2) is 50.3 Å². The van der Waals surface area contributed by atoms with Crippen LogP contribution in [-0.2, 0) is 14.3 Å². The Hall–Kier alpha value is -0.610. The molecule has 0 aromatic heterocycles. The number of hydrogen-bond donors (Lipinski definition) is 0. The topological polar surface area (TPSA) is 38.8 Å². The van der Waals surface area contributed by atoms with Gasteiger partial charge in [0.25, 0.3) is 0 Å². The number of nitrogens with zero attached hydrogens (tertiary/aromatic N) is 1. The highest BCUT2D eigenvalue weighted by molar-refractivity contribution is 5.80. The third-order valence-electron chi connectivity index (χ3n) is 4.58. The molecule has 4 heteroatoms. The number of hydrogen-bond acceptors (Lipinski definition) is 3. The SMILES string of the molecule is CCC(C(=O)N1CC(COC)C[C@H]1C(C)C)C(C)OC. The second-order valence-corrected chi connectivity index (χ2v) is 6.31. The molecule has 0 bridgehead atoms. The summed E-state index contributed by atoms with van der Waals surface area (Å²) in [5.74, 6) is 1.16. The zero-order valence-corrected chi connectivity index (χ0v) is 13.9. The van der Waals surface area contributed by atoms with E-state index in [9.17, 15) is 4.79 Å². The standard InChI is InChI=1S/C16H31NO3/c1-7-14(12(4)20-6)16(18)17-9-13(10-19-5)8-15(17)11(2)3/h11-15H,7-10H2,1-6H3/t12?,13?,14?,15-/m0/s1. The van der Waals surface area contributed by atoms with E-state index < -0.39 is 0 Å². The molecular weight excluding hydrogens is 254 g/mol. The van der Waals surface area contributed by atoms with Gasteiger partial charge in [0.05, 0.1) is 18.6 Å². The predicted octanol–water partition coefficient (Wildman–Crippen LogP) is 2.57. The summed E-state index contributed by atoms with van der Waals surface area (Å²) in [4.78, 5) is 14.9. The fraction of sp³-hybridized carbons (Fsp3) is 0.938. The van der Waals surface area contributed by atoms with Gasteiger partial charge in [-0.1, -0.05) is 20.8 Å². The Labute approximate surface area is 123 Å². The van der Waals surface area contributed by atoms with Gasteiger partial charge in [-0.05, 0) is 25.7 Å². The minimum Gasteiger partial charge on any atom is -0.384 e. The van der Waals surface area contributed by atoms with E-state index in [-0.39, 0.29) is 17.9 Å². The maximum Gasteiger partial charge on any atom is 0.228 e. The minimum absolute atomic E-state index is 0.0261. The first-order valence-corrected chi connectivity index (χ1v) is 7.78. The summed E-state index contributed by atoms with van der Waals surface area (Å²) in [6.07, 6.45) is 1.85. The molecule has 118 valence electrons. The molecule has 0 aromatic carbocycles. The number of carbonyl (C=O) groups excluding carboxylic acids is 1. The number of rotatable bonds is 7. The van der Waals surface area contributed by atoms with Gasteiger partial charge >= 0.3 is 0 Å². The normalized spacial score (nSPS) is 26.1. The molecule has 0 saturated carbocycles. The number of carbonyl (C=O) groups is 1. The molecule has 4 atom stereocenters. The lowest BCUT2D eigenvalue weighted by molar-refractivity contribution is -0.141. The second-order valence-electron chi connectivity index (χ2n) is 6.31. The maximum atomic E-state index is 12.8. The van der Waals surface area contributed by atoms with Gasteiger partial charge < -0.3 is 14.4 Å². The lowest BCUT2D eigenvalue weighted by Crippen LogP contribution is -2.45. The molecule has 1 heterocycles. The van der Waals surface area contributed by atoms with E-state index in [1.807, 2.05) is 6.92 Å². The third kappa shape index (κ3) is 3.95. The van der Waals surface area contributed by atoms with E-state index in [1.54, 1.807) is 14.2 Å². The summed E-state index contributed by atoms with van der Waals surface area (Å²) in [7, 11) is 3.41. The molecule has 1 aliphatic rings. The van der Waals surface area contributed by atoms with E-state index in [4.69, 9.17) is 9.47 Å². The zero-order chi connectivity index (χ0) is 15.3. The quantitative estimate of drug-likeness (QED) is 0.721. The van der Waals surface area contributed by atoms with Crippen molar-refractivity contribution in [3.05, 3.63) is 0 Å². The van der Waals surface area contributed by atoms with Crippen molar-refractivity contribution in [1.29, 1.82) is 0 Å². The molecule has 4 nitrogen and oxygen atoms in total. The van der Waals surface area contributed by atoms with Crippen LogP contribution in [0.4, 0.5) is 0 Å². The fourth-order valence-corrected chi connectivity index (χ4v) is 3.28. The van der Waals surface area contributed by atoms with Crippen LogP contribution < -0.4 is 0 Å². The molecule has 0 radical (unpaired) electrons. The second kappa shape index (κ2) is 7.99. The van der Waals surface area contributed by atoms with Gasteiger partial charge in [-0.25, -0.2) is 0 Å². The number of methoxy groups -OCH3 is 2. The summed E-state index contributed by atoms with van der Waals surface area (Å²) in [6.45, 7) is 10.00. The van der Waals surface area contributed by atoms with Gasteiger partial charge in [-0.2, -0.15) is 0 Å². The Bertz CT molecular complexity index is 306. The van der Waals surface area contributed by atoms with Crippen molar-refractivity contribution in [2.45, 2.75) is 52.7 Å². The molecule has 1 fully saturated rings. The van der Waals surface area contributed by atoms with Crippen LogP contribution in [0.3, 0.4) is 0 Å². The summed E-state index contributed by atoms with van der Waals surface area (Å²) < 4.78 is 10.7. The summed E-state index contributed by atoms with van der Waals surface area (Å²) in [5, 5.41) is 0. The first-order chi connectivity index (χ1) is 9.46. The highest BCUT2D eigenvalue weighted by Gasteiger charge is 2.39. The predicted molar refractivity (Wildman–Crippen MR) is 80.6 cm³/mol. The molecule has 0 aliphatic carbocycles. The Morgan fingerprint density at radius 3 is 2.40 bits per heavy atom. The van der Waals surface area contributed by atoms with Crippen molar-refractivity contribution in [3.63, 3.8) is 0 Å². The maximum absolute atomic E-state index is 12.8. The Kier molecular flexibility index (Phi) is 6.96. The van der Waals surface area contributed by atoms with E-state index in [0.717, 1.165) is 26.0 Å². The van der Waals surface area contributed by atoms with Crippen molar-refractivity contribution in [1.82, 2.24) is 4.90 Å². The molecule has 0 N–H and O–H groups in total. The Morgan fingerprint density at radius 2 is 1.95 bits per heavy atom. The average molecular weight is 285 g/mol. The molecule has 0 spiro atoms. The first-order valence-electron chi connectivity index (χ1n) is 7.78. The first kappa shape index (κ1) is 17.4. The van der Waals surface area contributed by atoms with Crippen LogP contribution >= 0.6 is 0 Å². The highest BCUT2D eigenvalue weighted by Crippen LogP contribution is 2.31. The van der Waals surface area contributed by atoms with Gasteiger partial charge in [-0.3, -0.25) is 4.79 Å². The van der Waals surface area contributed by atoms with Gasteiger partial charge in [0.1, 0.15) is 0 Å². The van der Waals surface area contributed by atoms with Crippen LogP contribution in [0.15, 0.2) is 0 Å². The van der Waals surface area contributed by atoms with Gasteiger partial charge in [0, 0.05) is 32.7 Å². The average Bonchev–Trinajstić information content (AvgIpc) is 2.83. The Balaban J connectivity index is 2.82. The summed E-state index contributed by atoms with van der Waals surface area (Å²) in [5.41, 5.74) is 0. The summed E-state index contributed by atoms with van der Waals surface area (Å²) >= 11 is 0. The Morgan fingerprint density at radius 1 is 1.30 bits per heavy atom. The molecule has 1 amide bonds. The highest BCUT2D eigenvalue weighted by atomic mass is 16.5. The molecule has 1 saturated heterocycles. The molecule has 20 heavy (non-hydrogen) atoms. The van der Waals surface area contributed by atoms with E-state index in [0.29, 0.717) is 17.9 Å². The van der Waals surface area contributed by atoms with E-state index >= 15 is 0 Å². The van der Waals surface area contributed by atoms with Crippen molar-refractivity contribution in [2.75, 3.05) is 27.4 Å². The van der Waals surface area contributed by atoms with Gasteiger partial charge in [0.2, 0.25) is 5.91 Å². The molecular formula is C16H31NO3. The minimum atomic E-state index is -0.0393. The lowest BCUT2D eigenvalue weighted by atomic mass is 9.95. The number of ether oxygens (including phenoxy) is 2. The smallest absolute Gasteiger partial charge is 0.228 e. The molecule has 1 aliphatic heterocycles. The van der Waals surface area contributed by atoms with E-state index in [2.05, 4.69) is 25.7 Å². The molecule has 0 aromatic rings. The van der Waals surface area contributed by atoms with Crippen LogP contribution in [0.5, 0.6) is 0 Å². The van der Waals surface area contributed by atoms with Crippen molar-refractivity contribution in [3.8, 4) is 0 Å². The van der Waals surface area contributed by atoms with Crippen molar-refractivity contribution in [2.24, 2.45) is 17.8 Å². The van der Waals surface area contributed by atoms with Crippen molar-refractivity contribution < 1.29 is 14.3 Å². The summed E-state index contributed by atoms with van der Waals surface area (Å²) in [6, 6.07) is 0.334. The fourth-order valence-electron chi connectivity index (χ4n) is 3.28. The number of likely N-dealkylation sites (tertiary alicyclic amines) is 1. The van der Waals surface area contributed by atoms with Crippen LogP contribution in [0, 0.1) is 17.8 Å². The van der Waals surface area contributed by atoms with Gasteiger partial charge in [-0.15, -0.1) is 0 Å². The lowest BCUT2D eigenvalue weighted by Gasteiger charge is -2.32. The third-order valence-corrected chi connectivity index (χ3v) is 4.58. The number of amides is 1. The van der Waals surface area contributed by atoms with Crippen LogP contribution in [0.1, 0.15) is 40.5 Å². The molecule has 1 rings (SSSR count). The van der Waals surface area contributed by atoms with Crippen LogP contribution in [0.25, 0.3) is 0 Å².